The van der Waals surface area contributed by atoms with Crippen LogP contribution < -0.4 is 0 Å². The fourth-order valence-corrected chi connectivity index (χ4v) is 0.467. The number of carbonyl (C=O) groups is 2. The highest BCUT2D eigenvalue weighted by Crippen LogP contribution is 1.82. The van der Waals surface area contributed by atoms with E-state index in [2.05, 4.69) is 14.2 Å². The standard InChI is InChI=1S/C7H12O6/c1-10-2-3-11-4-7(9)13-6-12-5-8/h5H,2-4,6H2,1H3. The van der Waals surface area contributed by atoms with Gasteiger partial charge < -0.3 is 18.9 Å². The van der Waals surface area contributed by atoms with Crippen LogP contribution in [0.25, 0.3) is 0 Å². The summed E-state index contributed by atoms with van der Waals surface area (Å²) in [6.07, 6.45) is 0. The first-order valence-electron chi connectivity index (χ1n) is 3.58. The van der Waals surface area contributed by atoms with Gasteiger partial charge in [-0.25, -0.2) is 4.79 Å². The van der Waals surface area contributed by atoms with Crippen molar-refractivity contribution >= 4 is 12.4 Å². The molecular weight excluding hydrogens is 180 g/mol. The molecule has 0 fully saturated rings. The molecule has 13 heavy (non-hydrogen) atoms. The van der Waals surface area contributed by atoms with Crippen LogP contribution in [0.4, 0.5) is 0 Å². The molecule has 0 aliphatic carbocycles. The Labute approximate surface area is 75.7 Å². The van der Waals surface area contributed by atoms with E-state index < -0.39 is 5.97 Å². The molecule has 0 amide bonds. The zero-order chi connectivity index (χ0) is 9.94. The van der Waals surface area contributed by atoms with Crippen molar-refractivity contribution < 1.29 is 28.5 Å². The van der Waals surface area contributed by atoms with Gasteiger partial charge >= 0.3 is 5.97 Å². The maximum absolute atomic E-state index is 10.7. The second kappa shape index (κ2) is 8.95. The zero-order valence-corrected chi connectivity index (χ0v) is 7.36. The van der Waals surface area contributed by atoms with Gasteiger partial charge in [0.2, 0.25) is 6.79 Å². The molecule has 0 aromatic heterocycles. The number of ether oxygens (including phenoxy) is 4. The van der Waals surface area contributed by atoms with E-state index in [1.807, 2.05) is 0 Å². The molecule has 6 heteroatoms. The fraction of sp³-hybridized carbons (Fsp3) is 0.714. The van der Waals surface area contributed by atoms with Crippen LogP contribution in [0.1, 0.15) is 0 Å². The molecule has 0 rings (SSSR count). The largest absolute Gasteiger partial charge is 0.430 e. The highest BCUT2D eigenvalue weighted by atomic mass is 16.7. The predicted octanol–water partition coefficient (Wildman–Crippen LogP) is -0.677. The van der Waals surface area contributed by atoms with E-state index in [0.29, 0.717) is 13.2 Å². The molecule has 76 valence electrons. The third-order valence-corrected chi connectivity index (χ3v) is 1.01. The van der Waals surface area contributed by atoms with E-state index in [1.54, 1.807) is 0 Å². The molecule has 0 heterocycles. The van der Waals surface area contributed by atoms with Gasteiger partial charge in [0, 0.05) is 7.11 Å². The second-order valence-corrected chi connectivity index (χ2v) is 1.94. The predicted molar refractivity (Wildman–Crippen MR) is 40.8 cm³/mol. The maximum atomic E-state index is 10.7. The van der Waals surface area contributed by atoms with Gasteiger partial charge in [0.25, 0.3) is 6.47 Å². The van der Waals surface area contributed by atoms with Gasteiger partial charge in [0.15, 0.2) is 0 Å². The molecule has 0 aliphatic rings. The molecule has 0 spiro atoms. The van der Waals surface area contributed by atoms with E-state index in [4.69, 9.17) is 4.74 Å². The molecule has 0 saturated heterocycles. The molecule has 0 unspecified atom stereocenters. The molecule has 0 saturated carbocycles. The van der Waals surface area contributed by atoms with Crippen molar-refractivity contribution in [3.63, 3.8) is 0 Å². The quantitative estimate of drug-likeness (QED) is 0.220. The number of esters is 1. The van der Waals surface area contributed by atoms with E-state index in [-0.39, 0.29) is 19.9 Å². The summed E-state index contributed by atoms with van der Waals surface area (Å²) in [4.78, 5) is 20.3. The minimum absolute atomic E-state index is 0.175. The van der Waals surface area contributed by atoms with Crippen molar-refractivity contribution in [2.24, 2.45) is 0 Å². The van der Waals surface area contributed by atoms with Crippen molar-refractivity contribution in [2.45, 2.75) is 0 Å². The topological polar surface area (TPSA) is 71.1 Å². The van der Waals surface area contributed by atoms with E-state index in [9.17, 15) is 9.59 Å². The Kier molecular flexibility index (Phi) is 8.17. The van der Waals surface area contributed by atoms with Crippen molar-refractivity contribution in [3.05, 3.63) is 0 Å². The summed E-state index contributed by atoms with van der Waals surface area (Å²) in [5.41, 5.74) is 0. The average molecular weight is 192 g/mol. The smallest absolute Gasteiger partial charge is 0.334 e. The molecule has 0 aromatic carbocycles. The summed E-state index contributed by atoms with van der Waals surface area (Å²) in [5, 5.41) is 0. The number of hydrogen-bond donors (Lipinski definition) is 0. The molecule has 0 bridgehead atoms. The number of methoxy groups -OCH3 is 1. The van der Waals surface area contributed by atoms with E-state index in [0.717, 1.165) is 0 Å². The number of carbonyl (C=O) groups excluding carboxylic acids is 2. The molecule has 0 aromatic rings. The summed E-state index contributed by atoms with van der Waals surface area (Å²) in [6, 6.07) is 0. The first-order chi connectivity index (χ1) is 6.31. The monoisotopic (exact) mass is 192 g/mol. The fourth-order valence-electron chi connectivity index (χ4n) is 0.467. The molecule has 0 radical (unpaired) electrons. The van der Waals surface area contributed by atoms with Gasteiger partial charge in [-0.3, -0.25) is 4.79 Å². The van der Waals surface area contributed by atoms with Crippen LogP contribution in [0.2, 0.25) is 0 Å². The first-order valence-corrected chi connectivity index (χ1v) is 3.58. The lowest BCUT2D eigenvalue weighted by Crippen LogP contribution is -2.16. The second-order valence-electron chi connectivity index (χ2n) is 1.94. The Hall–Kier alpha value is -1.14. The Bertz CT molecular complexity index is 146. The first kappa shape index (κ1) is 11.9. The Morgan fingerprint density at radius 1 is 1.38 bits per heavy atom. The summed E-state index contributed by atoms with van der Waals surface area (Å²) in [6.45, 7) is 0.374. The van der Waals surface area contributed by atoms with Gasteiger partial charge in [0.1, 0.15) is 6.61 Å². The Morgan fingerprint density at radius 3 is 2.77 bits per heavy atom. The van der Waals surface area contributed by atoms with Crippen molar-refractivity contribution in [1.29, 1.82) is 0 Å². The molecule has 0 atom stereocenters. The lowest BCUT2D eigenvalue weighted by molar-refractivity contribution is -0.164. The zero-order valence-electron chi connectivity index (χ0n) is 7.36. The van der Waals surface area contributed by atoms with Gasteiger partial charge in [-0.2, -0.15) is 0 Å². The van der Waals surface area contributed by atoms with Crippen LogP contribution in [0, 0.1) is 0 Å². The van der Waals surface area contributed by atoms with Gasteiger partial charge in [-0.15, -0.1) is 0 Å². The summed E-state index contributed by atoms with van der Waals surface area (Å²) in [5.74, 6) is -0.585. The van der Waals surface area contributed by atoms with Crippen LogP contribution in [0.15, 0.2) is 0 Å². The summed E-state index contributed by atoms with van der Waals surface area (Å²) in [7, 11) is 1.53. The normalized spacial score (nSPS) is 9.31. The van der Waals surface area contributed by atoms with Crippen LogP contribution in [0.5, 0.6) is 0 Å². The third-order valence-electron chi connectivity index (χ3n) is 1.01. The van der Waals surface area contributed by atoms with E-state index >= 15 is 0 Å². The third kappa shape index (κ3) is 8.77. The maximum Gasteiger partial charge on any atom is 0.334 e. The van der Waals surface area contributed by atoms with Crippen LogP contribution in [0.3, 0.4) is 0 Å². The highest BCUT2D eigenvalue weighted by molar-refractivity contribution is 5.70. The molecule has 0 aliphatic heterocycles. The summed E-state index contributed by atoms with van der Waals surface area (Å²) >= 11 is 0. The van der Waals surface area contributed by atoms with Crippen molar-refractivity contribution in [2.75, 3.05) is 33.7 Å². The Balaban J connectivity index is 3.15. The van der Waals surface area contributed by atoms with Gasteiger partial charge in [0.05, 0.1) is 13.2 Å². The lowest BCUT2D eigenvalue weighted by Gasteiger charge is -2.03. The minimum Gasteiger partial charge on any atom is -0.430 e. The van der Waals surface area contributed by atoms with Gasteiger partial charge in [-0.05, 0) is 0 Å². The molecule has 6 nitrogen and oxygen atoms in total. The highest BCUT2D eigenvalue weighted by Gasteiger charge is 2.01. The van der Waals surface area contributed by atoms with Gasteiger partial charge in [-0.1, -0.05) is 0 Å². The van der Waals surface area contributed by atoms with Crippen LogP contribution in [-0.2, 0) is 28.5 Å². The van der Waals surface area contributed by atoms with Crippen LogP contribution >= 0.6 is 0 Å². The lowest BCUT2D eigenvalue weighted by atomic mass is 10.7. The summed E-state index contributed by atoms with van der Waals surface area (Å²) < 4.78 is 18.0. The van der Waals surface area contributed by atoms with Crippen LogP contribution in [-0.4, -0.2) is 46.2 Å². The van der Waals surface area contributed by atoms with E-state index in [1.165, 1.54) is 7.11 Å². The molecule has 0 N–H and O–H groups in total. The molecular formula is C7H12O6. The van der Waals surface area contributed by atoms with Crippen molar-refractivity contribution in [1.82, 2.24) is 0 Å². The average Bonchev–Trinajstić information content (AvgIpc) is 2.13. The SMILES string of the molecule is COCCOCC(=O)OCOC=O. The number of rotatable bonds is 8. The minimum atomic E-state index is -0.585. The number of hydrogen-bond acceptors (Lipinski definition) is 6. The Morgan fingerprint density at radius 2 is 2.15 bits per heavy atom. The van der Waals surface area contributed by atoms with Crippen molar-refractivity contribution in [3.8, 4) is 0 Å².